The number of fused-ring (bicyclic) bond motifs is 1. The minimum absolute atomic E-state index is 0. The molecule has 0 unspecified atom stereocenters. The van der Waals surface area contributed by atoms with Crippen LogP contribution in [0.25, 0.3) is 10.9 Å². The van der Waals surface area contributed by atoms with Crippen LogP contribution in [0.15, 0.2) is 24.3 Å². The van der Waals surface area contributed by atoms with E-state index in [-0.39, 0.29) is 36.6 Å². The van der Waals surface area contributed by atoms with E-state index in [4.69, 9.17) is 11.6 Å². The van der Waals surface area contributed by atoms with Crippen molar-refractivity contribution in [2.75, 3.05) is 46.3 Å². The van der Waals surface area contributed by atoms with Gasteiger partial charge in [-0.2, -0.15) is 0 Å². The Morgan fingerprint density at radius 1 is 0.921 bits per heavy atom. The van der Waals surface area contributed by atoms with Crippen LogP contribution in [0, 0.1) is 11.8 Å². The molecule has 0 radical (unpaired) electrons. The zero-order valence-electron chi connectivity index (χ0n) is 22.5. The highest BCUT2D eigenvalue weighted by Crippen LogP contribution is 2.33. The first-order valence-corrected chi connectivity index (χ1v) is 14.0. The van der Waals surface area contributed by atoms with E-state index >= 15 is 0 Å². The van der Waals surface area contributed by atoms with E-state index in [0.717, 1.165) is 68.7 Å². The molecule has 1 aromatic carbocycles. The maximum absolute atomic E-state index is 14.1. The van der Waals surface area contributed by atoms with Crippen LogP contribution < -0.4 is 5.32 Å². The predicted octanol–water partition coefficient (Wildman–Crippen LogP) is 5.18. The summed E-state index contributed by atoms with van der Waals surface area (Å²) in [5, 5.41) is 4.67. The van der Waals surface area contributed by atoms with Gasteiger partial charge in [0.05, 0.1) is 0 Å². The second-order valence-corrected chi connectivity index (χ2v) is 11.7. The maximum Gasteiger partial charge on any atom is 0.269 e. The zero-order valence-corrected chi connectivity index (χ0v) is 24.9. The number of aromatic amines is 1. The van der Waals surface area contributed by atoms with Gasteiger partial charge in [0.15, 0.2) is 5.66 Å². The number of nitrogens with one attached hydrogen (secondary N) is 2. The summed E-state index contributed by atoms with van der Waals surface area (Å²) < 4.78 is 0. The van der Waals surface area contributed by atoms with E-state index < -0.39 is 5.66 Å². The molecule has 3 saturated heterocycles. The third-order valence-corrected chi connectivity index (χ3v) is 9.08. The predicted molar refractivity (Wildman–Crippen MR) is 159 cm³/mol. The molecule has 3 aliphatic rings. The first-order valence-electron chi connectivity index (χ1n) is 13.7. The van der Waals surface area contributed by atoms with Gasteiger partial charge in [0.2, 0.25) is 0 Å². The average Bonchev–Trinajstić information content (AvgIpc) is 3.33. The summed E-state index contributed by atoms with van der Waals surface area (Å²) in [4.78, 5) is 37.3. The Kier molecular flexibility index (Phi) is 10.8. The third-order valence-electron chi connectivity index (χ3n) is 8.85. The molecule has 3 fully saturated rings. The molecule has 38 heavy (non-hydrogen) atoms. The van der Waals surface area contributed by atoms with Crippen LogP contribution in [0.2, 0.25) is 5.02 Å². The normalized spacial score (nSPS) is 21.8. The van der Waals surface area contributed by atoms with Crippen LogP contribution in [-0.2, 0) is 4.79 Å². The summed E-state index contributed by atoms with van der Waals surface area (Å²) in [6.07, 6.45) is 7.92. The average molecular weight is 587 g/mol. The highest BCUT2D eigenvalue weighted by atomic mass is 35.5. The van der Waals surface area contributed by atoms with E-state index in [1.54, 1.807) is 6.07 Å². The molecule has 2 aromatic rings. The first kappa shape index (κ1) is 31.0. The number of benzene rings is 1. The molecule has 0 bridgehead atoms. The van der Waals surface area contributed by atoms with Gasteiger partial charge in [-0.1, -0.05) is 18.0 Å². The number of hydrogen-bond donors (Lipinski definition) is 2. The standard InChI is InChI=1S/C28H40ClN5O2.2ClH/c1-28(34-12-4-3-5-13-34,31-26(35)25-19-22-18-23(29)6-7-24(22)30-25)27(36)33-16-10-21(11-17-33)20-8-14-32(2)15-9-20;;/h6-7,18-21,30H,3-5,8-17H2,1-2H3,(H,31,35);2*1H/t28-;;/m0../s1. The molecule has 3 aliphatic heterocycles. The number of piperidine rings is 3. The smallest absolute Gasteiger partial charge is 0.269 e. The Morgan fingerprint density at radius 3 is 2.16 bits per heavy atom. The van der Waals surface area contributed by atoms with Crippen molar-refractivity contribution in [3.8, 4) is 0 Å². The Bertz CT molecular complexity index is 1090. The van der Waals surface area contributed by atoms with Crippen LogP contribution in [0.3, 0.4) is 0 Å². The number of carbonyl (C=O) groups excluding carboxylic acids is 2. The van der Waals surface area contributed by atoms with E-state index in [0.29, 0.717) is 16.6 Å². The van der Waals surface area contributed by atoms with Crippen molar-refractivity contribution in [3.05, 3.63) is 35.0 Å². The van der Waals surface area contributed by atoms with Crippen LogP contribution in [0.4, 0.5) is 0 Å². The summed E-state index contributed by atoms with van der Waals surface area (Å²) in [5.41, 5.74) is 0.239. The lowest BCUT2D eigenvalue weighted by Crippen LogP contribution is -2.68. The molecule has 0 aliphatic carbocycles. The lowest BCUT2D eigenvalue weighted by Gasteiger charge is -2.46. The topological polar surface area (TPSA) is 71.7 Å². The summed E-state index contributed by atoms with van der Waals surface area (Å²) in [6, 6.07) is 7.33. The quantitative estimate of drug-likeness (QED) is 0.507. The molecule has 212 valence electrons. The fourth-order valence-corrected chi connectivity index (χ4v) is 6.69. The van der Waals surface area contributed by atoms with Crippen LogP contribution in [0.1, 0.15) is 62.4 Å². The Hall–Kier alpha value is -1.51. The van der Waals surface area contributed by atoms with Crippen LogP contribution >= 0.6 is 36.4 Å². The van der Waals surface area contributed by atoms with Gasteiger partial charge in [0.25, 0.3) is 11.8 Å². The highest BCUT2D eigenvalue weighted by molar-refractivity contribution is 6.31. The third kappa shape index (κ3) is 6.61. The number of carbonyl (C=O) groups is 2. The number of hydrogen-bond acceptors (Lipinski definition) is 4. The number of amides is 2. The van der Waals surface area contributed by atoms with Gasteiger partial charge in [-0.15, -0.1) is 24.8 Å². The van der Waals surface area contributed by atoms with E-state index in [9.17, 15) is 9.59 Å². The van der Waals surface area contributed by atoms with Crippen molar-refractivity contribution in [1.82, 2.24) is 25.0 Å². The number of halogens is 3. The summed E-state index contributed by atoms with van der Waals surface area (Å²) in [7, 11) is 2.21. The molecule has 0 spiro atoms. The minimum atomic E-state index is -1.06. The molecule has 5 rings (SSSR count). The molecular formula is C28H42Cl3N5O2. The van der Waals surface area contributed by atoms with Gasteiger partial charge in [-0.25, -0.2) is 0 Å². The van der Waals surface area contributed by atoms with Crippen molar-refractivity contribution in [2.45, 2.75) is 57.5 Å². The van der Waals surface area contributed by atoms with Gasteiger partial charge < -0.3 is 20.1 Å². The SMILES string of the molecule is CN1CCC(C2CCN(C(=O)[C@@](C)(NC(=O)c3cc4cc(Cl)ccc4[nH]3)N3CCCCC3)CC2)CC1.Cl.Cl. The number of nitrogens with zero attached hydrogens (tertiary/aromatic N) is 3. The summed E-state index contributed by atoms with van der Waals surface area (Å²) in [6.45, 7) is 7.46. The molecule has 1 atom stereocenters. The maximum atomic E-state index is 14.1. The Labute approximate surface area is 243 Å². The summed E-state index contributed by atoms with van der Waals surface area (Å²) in [5.74, 6) is 1.25. The van der Waals surface area contributed by atoms with Crippen LogP contribution in [0.5, 0.6) is 0 Å². The Balaban J connectivity index is 0.00000200. The van der Waals surface area contributed by atoms with Crippen molar-refractivity contribution in [1.29, 1.82) is 0 Å². The minimum Gasteiger partial charge on any atom is -0.351 e. The van der Waals surface area contributed by atoms with Crippen molar-refractivity contribution >= 4 is 59.1 Å². The number of rotatable bonds is 5. The molecule has 7 nitrogen and oxygen atoms in total. The second-order valence-electron chi connectivity index (χ2n) is 11.3. The molecule has 10 heteroatoms. The second kappa shape index (κ2) is 13.2. The van der Waals surface area contributed by atoms with Crippen molar-refractivity contribution in [3.63, 3.8) is 0 Å². The lowest BCUT2D eigenvalue weighted by atomic mass is 9.78. The van der Waals surface area contributed by atoms with Crippen molar-refractivity contribution < 1.29 is 9.59 Å². The fraction of sp³-hybridized carbons (Fsp3) is 0.643. The molecule has 2 amide bonds. The molecular weight excluding hydrogens is 545 g/mol. The Morgan fingerprint density at radius 2 is 1.53 bits per heavy atom. The molecule has 0 saturated carbocycles. The molecule has 1 aromatic heterocycles. The monoisotopic (exact) mass is 585 g/mol. The molecule has 2 N–H and O–H groups in total. The first-order chi connectivity index (χ1) is 17.3. The van der Waals surface area contributed by atoms with Gasteiger partial charge in [-0.3, -0.25) is 14.5 Å². The van der Waals surface area contributed by atoms with Gasteiger partial charge >= 0.3 is 0 Å². The van der Waals surface area contributed by atoms with Gasteiger partial charge in [0, 0.05) is 42.1 Å². The zero-order chi connectivity index (χ0) is 25.3. The number of likely N-dealkylation sites (tertiary alicyclic amines) is 3. The largest absolute Gasteiger partial charge is 0.351 e. The van der Waals surface area contributed by atoms with Gasteiger partial charge in [0.1, 0.15) is 5.69 Å². The molecule has 4 heterocycles. The fourth-order valence-electron chi connectivity index (χ4n) is 6.50. The van der Waals surface area contributed by atoms with Crippen molar-refractivity contribution in [2.24, 2.45) is 11.8 Å². The number of H-pyrrole nitrogens is 1. The summed E-state index contributed by atoms with van der Waals surface area (Å²) >= 11 is 6.14. The number of aromatic nitrogens is 1. The highest BCUT2D eigenvalue weighted by Gasteiger charge is 2.45. The lowest BCUT2D eigenvalue weighted by molar-refractivity contribution is -0.148. The van der Waals surface area contributed by atoms with E-state index in [2.05, 4.69) is 27.1 Å². The van der Waals surface area contributed by atoms with E-state index in [1.165, 1.54) is 32.4 Å². The van der Waals surface area contributed by atoms with Gasteiger partial charge in [-0.05, 0) is 102 Å². The van der Waals surface area contributed by atoms with Crippen LogP contribution in [-0.4, -0.2) is 83.5 Å². The van der Waals surface area contributed by atoms with E-state index in [1.807, 2.05) is 30.0 Å².